The molecule has 0 saturated carbocycles. The van der Waals surface area contributed by atoms with Gasteiger partial charge in [-0.3, -0.25) is 0 Å². The van der Waals surface area contributed by atoms with Crippen LogP contribution in [0.4, 0.5) is 17.3 Å². The summed E-state index contributed by atoms with van der Waals surface area (Å²) in [4.78, 5) is 6.37. The summed E-state index contributed by atoms with van der Waals surface area (Å²) in [5, 5.41) is 9.32. The van der Waals surface area contributed by atoms with E-state index >= 15 is 0 Å². The largest absolute Gasteiger partial charge is 0.396 e. The first kappa shape index (κ1) is 11.0. The van der Waals surface area contributed by atoms with Gasteiger partial charge in [0.25, 0.3) is 0 Å². The summed E-state index contributed by atoms with van der Waals surface area (Å²) < 4.78 is 0. The van der Waals surface area contributed by atoms with Gasteiger partial charge in [0.2, 0.25) is 0 Å². The minimum Gasteiger partial charge on any atom is -0.396 e. The molecule has 5 heteroatoms. The summed E-state index contributed by atoms with van der Waals surface area (Å²) in [6, 6.07) is 3.78. The lowest BCUT2D eigenvalue weighted by Crippen LogP contribution is -2.42. The van der Waals surface area contributed by atoms with E-state index in [1.807, 2.05) is 6.07 Å². The molecule has 1 aliphatic heterocycles. The maximum absolute atomic E-state index is 9.32. The van der Waals surface area contributed by atoms with Crippen LogP contribution in [0.5, 0.6) is 0 Å². The van der Waals surface area contributed by atoms with Crippen molar-refractivity contribution in [2.75, 3.05) is 29.5 Å². The lowest BCUT2D eigenvalue weighted by molar-refractivity contribution is 0.239. The summed E-state index contributed by atoms with van der Waals surface area (Å²) in [7, 11) is 0. The SMILES string of the molecule is Nc1ccc(N2CCCCC2CO)nc1N. The number of aliphatic hydroxyl groups is 1. The van der Waals surface area contributed by atoms with Crippen LogP contribution in [0.1, 0.15) is 19.3 Å². The number of rotatable bonds is 2. The predicted octanol–water partition coefficient (Wildman–Crippen LogP) is 0.597. The van der Waals surface area contributed by atoms with Crippen molar-refractivity contribution in [1.29, 1.82) is 0 Å². The van der Waals surface area contributed by atoms with Crippen molar-refractivity contribution in [2.45, 2.75) is 25.3 Å². The Morgan fingerprint density at radius 2 is 2.19 bits per heavy atom. The number of hydrogen-bond donors (Lipinski definition) is 3. The van der Waals surface area contributed by atoms with Crippen LogP contribution < -0.4 is 16.4 Å². The number of aromatic nitrogens is 1. The molecule has 0 bridgehead atoms. The smallest absolute Gasteiger partial charge is 0.149 e. The molecule has 2 heterocycles. The van der Waals surface area contributed by atoms with E-state index in [4.69, 9.17) is 11.5 Å². The van der Waals surface area contributed by atoms with Crippen LogP contribution in [0.3, 0.4) is 0 Å². The summed E-state index contributed by atoms with van der Waals surface area (Å²) in [5.74, 6) is 1.17. The molecule has 1 unspecified atom stereocenters. The second-order valence-electron chi connectivity index (χ2n) is 4.17. The van der Waals surface area contributed by atoms with Gasteiger partial charge in [0.1, 0.15) is 11.6 Å². The van der Waals surface area contributed by atoms with Gasteiger partial charge in [-0.1, -0.05) is 0 Å². The van der Waals surface area contributed by atoms with Gasteiger partial charge in [0.15, 0.2) is 0 Å². The fourth-order valence-corrected chi connectivity index (χ4v) is 2.13. The molecule has 16 heavy (non-hydrogen) atoms. The van der Waals surface area contributed by atoms with Crippen LogP contribution >= 0.6 is 0 Å². The van der Waals surface area contributed by atoms with Gasteiger partial charge in [-0.15, -0.1) is 0 Å². The standard InChI is InChI=1S/C11H18N4O/c12-9-4-5-10(14-11(9)13)15-6-2-1-3-8(15)7-16/h4-5,8,16H,1-3,6-7,12H2,(H2,13,14). The first-order valence-corrected chi connectivity index (χ1v) is 5.62. The topological polar surface area (TPSA) is 88.4 Å². The fourth-order valence-electron chi connectivity index (χ4n) is 2.13. The van der Waals surface area contributed by atoms with Crippen LogP contribution in [0.25, 0.3) is 0 Å². The summed E-state index contributed by atoms with van der Waals surface area (Å²) in [5.41, 5.74) is 11.8. The molecular weight excluding hydrogens is 204 g/mol. The van der Waals surface area contributed by atoms with Crippen LogP contribution in [0.15, 0.2) is 12.1 Å². The molecule has 1 saturated heterocycles. The number of nitrogens with zero attached hydrogens (tertiary/aromatic N) is 2. The quantitative estimate of drug-likeness (QED) is 0.682. The first-order valence-electron chi connectivity index (χ1n) is 5.62. The zero-order valence-corrected chi connectivity index (χ0v) is 9.26. The highest BCUT2D eigenvalue weighted by Gasteiger charge is 2.22. The highest BCUT2D eigenvalue weighted by molar-refractivity contribution is 5.62. The molecule has 1 aromatic rings. The fraction of sp³-hybridized carbons (Fsp3) is 0.545. The number of nitrogens with two attached hydrogens (primary N) is 2. The number of nitrogen functional groups attached to an aromatic ring is 2. The first-order chi connectivity index (χ1) is 7.72. The Hall–Kier alpha value is -1.49. The molecule has 2 rings (SSSR count). The van der Waals surface area contributed by atoms with E-state index in [1.165, 1.54) is 0 Å². The van der Waals surface area contributed by atoms with E-state index in [2.05, 4.69) is 9.88 Å². The van der Waals surface area contributed by atoms with Crippen molar-refractivity contribution in [3.8, 4) is 0 Å². The van der Waals surface area contributed by atoms with E-state index in [0.29, 0.717) is 11.5 Å². The number of anilines is 3. The summed E-state index contributed by atoms with van der Waals surface area (Å²) >= 11 is 0. The molecule has 1 aromatic heterocycles. The summed E-state index contributed by atoms with van der Waals surface area (Å²) in [6.07, 6.45) is 3.29. The highest BCUT2D eigenvalue weighted by Crippen LogP contribution is 2.25. The number of hydrogen-bond acceptors (Lipinski definition) is 5. The van der Waals surface area contributed by atoms with E-state index in [0.717, 1.165) is 31.6 Å². The minimum atomic E-state index is 0.157. The maximum atomic E-state index is 9.32. The van der Waals surface area contributed by atoms with Gasteiger partial charge in [0.05, 0.1) is 18.3 Å². The van der Waals surface area contributed by atoms with Gasteiger partial charge in [-0.25, -0.2) is 4.98 Å². The average Bonchev–Trinajstić information content (AvgIpc) is 2.32. The number of piperidine rings is 1. The molecule has 0 amide bonds. The van der Waals surface area contributed by atoms with E-state index in [-0.39, 0.29) is 12.6 Å². The van der Waals surface area contributed by atoms with Crippen molar-refractivity contribution >= 4 is 17.3 Å². The van der Waals surface area contributed by atoms with Gasteiger partial charge >= 0.3 is 0 Å². The van der Waals surface area contributed by atoms with E-state index < -0.39 is 0 Å². The third kappa shape index (κ3) is 2.04. The van der Waals surface area contributed by atoms with Crippen LogP contribution in [0, 0.1) is 0 Å². The Labute approximate surface area is 95.1 Å². The second kappa shape index (κ2) is 4.57. The maximum Gasteiger partial charge on any atom is 0.149 e. The molecule has 0 radical (unpaired) electrons. The molecule has 0 aromatic carbocycles. The molecule has 0 aliphatic carbocycles. The highest BCUT2D eigenvalue weighted by atomic mass is 16.3. The van der Waals surface area contributed by atoms with E-state index in [1.54, 1.807) is 6.07 Å². The van der Waals surface area contributed by atoms with Gasteiger partial charge in [-0.05, 0) is 31.4 Å². The van der Waals surface area contributed by atoms with Crippen molar-refractivity contribution in [2.24, 2.45) is 0 Å². The third-order valence-electron chi connectivity index (χ3n) is 3.07. The molecule has 1 aliphatic rings. The Kier molecular flexibility index (Phi) is 3.14. The Balaban J connectivity index is 2.23. The van der Waals surface area contributed by atoms with Crippen molar-refractivity contribution < 1.29 is 5.11 Å². The Morgan fingerprint density at radius 1 is 1.38 bits per heavy atom. The molecule has 0 spiro atoms. The molecule has 5 nitrogen and oxygen atoms in total. The molecular formula is C11H18N4O. The van der Waals surface area contributed by atoms with Crippen molar-refractivity contribution in [1.82, 2.24) is 4.98 Å². The summed E-state index contributed by atoms with van der Waals surface area (Å²) in [6.45, 7) is 1.08. The van der Waals surface area contributed by atoms with Crippen LogP contribution in [-0.2, 0) is 0 Å². The Bertz CT molecular complexity index is 369. The zero-order valence-electron chi connectivity index (χ0n) is 9.26. The van der Waals surface area contributed by atoms with Crippen LogP contribution in [0.2, 0.25) is 0 Å². The third-order valence-corrected chi connectivity index (χ3v) is 3.07. The minimum absolute atomic E-state index is 0.157. The number of aliphatic hydroxyl groups excluding tert-OH is 1. The van der Waals surface area contributed by atoms with E-state index in [9.17, 15) is 5.11 Å². The normalized spacial score (nSPS) is 21.1. The Morgan fingerprint density at radius 3 is 2.88 bits per heavy atom. The van der Waals surface area contributed by atoms with Gasteiger partial charge in [-0.2, -0.15) is 0 Å². The number of pyridine rings is 1. The lowest BCUT2D eigenvalue weighted by Gasteiger charge is -2.35. The lowest BCUT2D eigenvalue weighted by atomic mass is 10.0. The van der Waals surface area contributed by atoms with Crippen LogP contribution in [-0.4, -0.2) is 29.3 Å². The zero-order chi connectivity index (χ0) is 11.5. The molecule has 1 fully saturated rings. The monoisotopic (exact) mass is 222 g/mol. The predicted molar refractivity (Wildman–Crippen MR) is 65.1 cm³/mol. The molecule has 1 atom stereocenters. The van der Waals surface area contributed by atoms with Gasteiger partial charge in [0, 0.05) is 6.54 Å². The van der Waals surface area contributed by atoms with Crippen molar-refractivity contribution in [3.05, 3.63) is 12.1 Å². The van der Waals surface area contributed by atoms with Crippen molar-refractivity contribution in [3.63, 3.8) is 0 Å². The average molecular weight is 222 g/mol. The van der Waals surface area contributed by atoms with Gasteiger partial charge < -0.3 is 21.5 Å². The molecule has 88 valence electrons. The second-order valence-corrected chi connectivity index (χ2v) is 4.17. The molecule has 5 N–H and O–H groups in total.